The predicted molar refractivity (Wildman–Crippen MR) is 104 cm³/mol. The average Bonchev–Trinajstić information content (AvgIpc) is 3.16. The number of H-pyrrole nitrogens is 1. The van der Waals surface area contributed by atoms with Crippen LogP contribution in [-0.2, 0) is 11.2 Å². The van der Waals surface area contributed by atoms with E-state index in [2.05, 4.69) is 27.4 Å². The second kappa shape index (κ2) is 8.53. The van der Waals surface area contributed by atoms with Gasteiger partial charge in [-0.05, 0) is 42.3 Å². The number of ether oxygens (including phenoxy) is 1. The molecule has 0 bridgehead atoms. The van der Waals surface area contributed by atoms with E-state index in [0.29, 0.717) is 11.0 Å². The standard InChI is InChI=1S/C19H20N4O2S/c1-3-13-6-4-5-7-16(13)20-17(24)12-26-19-21-18(22-23-19)14-8-10-15(25-2)11-9-14/h4-11H,3,12H2,1-2H3,(H,20,24)(H,21,22,23). The molecule has 0 aliphatic heterocycles. The SMILES string of the molecule is CCc1ccccc1NC(=O)CSc1n[nH]c(-c2ccc(OC)cc2)n1. The van der Waals surface area contributed by atoms with Gasteiger partial charge in [-0.3, -0.25) is 9.89 Å². The first-order chi connectivity index (χ1) is 12.7. The van der Waals surface area contributed by atoms with E-state index in [1.807, 2.05) is 48.5 Å². The molecule has 3 rings (SSSR count). The third kappa shape index (κ3) is 4.43. The number of benzene rings is 2. The number of anilines is 1. The molecule has 0 fully saturated rings. The number of nitrogens with one attached hydrogen (secondary N) is 2. The second-order valence-corrected chi connectivity index (χ2v) is 6.49. The van der Waals surface area contributed by atoms with Crippen molar-refractivity contribution < 1.29 is 9.53 Å². The molecule has 0 spiro atoms. The summed E-state index contributed by atoms with van der Waals surface area (Å²) >= 11 is 1.29. The molecule has 134 valence electrons. The van der Waals surface area contributed by atoms with E-state index in [-0.39, 0.29) is 11.7 Å². The van der Waals surface area contributed by atoms with Gasteiger partial charge in [0.15, 0.2) is 5.82 Å². The first-order valence-electron chi connectivity index (χ1n) is 8.27. The lowest BCUT2D eigenvalue weighted by Crippen LogP contribution is -2.15. The number of carbonyl (C=O) groups excluding carboxylic acids is 1. The largest absolute Gasteiger partial charge is 0.497 e. The van der Waals surface area contributed by atoms with Crippen molar-refractivity contribution in [3.63, 3.8) is 0 Å². The van der Waals surface area contributed by atoms with Crippen molar-refractivity contribution in [2.45, 2.75) is 18.5 Å². The van der Waals surface area contributed by atoms with Gasteiger partial charge in [0, 0.05) is 11.3 Å². The van der Waals surface area contributed by atoms with Crippen molar-refractivity contribution in [3.8, 4) is 17.1 Å². The molecule has 1 heterocycles. The summed E-state index contributed by atoms with van der Waals surface area (Å²) in [7, 11) is 1.63. The summed E-state index contributed by atoms with van der Waals surface area (Å²) in [5, 5.41) is 10.5. The summed E-state index contributed by atoms with van der Waals surface area (Å²) in [6.45, 7) is 2.06. The van der Waals surface area contributed by atoms with Crippen molar-refractivity contribution >= 4 is 23.4 Å². The highest BCUT2D eigenvalue weighted by Gasteiger charge is 2.10. The smallest absolute Gasteiger partial charge is 0.234 e. The fourth-order valence-corrected chi connectivity index (χ4v) is 3.05. The molecule has 1 amide bonds. The number of carbonyl (C=O) groups is 1. The monoisotopic (exact) mass is 368 g/mol. The molecule has 0 saturated carbocycles. The third-order valence-corrected chi connectivity index (χ3v) is 4.68. The molecule has 26 heavy (non-hydrogen) atoms. The Morgan fingerprint density at radius 2 is 1.96 bits per heavy atom. The normalized spacial score (nSPS) is 10.5. The maximum atomic E-state index is 12.2. The van der Waals surface area contributed by atoms with Crippen molar-refractivity contribution in [3.05, 3.63) is 54.1 Å². The Balaban J connectivity index is 1.58. The number of aromatic amines is 1. The van der Waals surface area contributed by atoms with Gasteiger partial charge in [-0.15, -0.1) is 5.10 Å². The van der Waals surface area contributed by atoms with Crippen LogP contribution in [0.25, 0.3) is 11.4 Å². The molecule has 0 aliphatic rings. The molecule has 6 nitrogen and oxygen atoms in total. The highest BCUT2D eigenvalue weighted by Crippen LogP contribution is 2.22. The lowest BCUT2D eigenvalue weighted by molar-refractivity contribution is -0.113. The fourth-order valence-electron chi connectivity index (χ4n) is 2.46. The Bertz CT molecular complexity index is 877. The summed E-state index contributed by atoms with van der Waals surface area (Å²) in [5.74, 6) is 1.61. The molecule has 7 heteroatoms. The number of aryl methyl sites for hydroxylation is 1. The van der Waals surface area contributed by atoms with E-state index < -0.39 is 0 Å². The zero-order valence-electron chi connectivity index (χ0n) is 14.7. The molecule has 0 atom stereocenters. The Morgan fingerprint density at radius 1 is 1.19 bits per heavy atom. The number of aromatic nitrogens is 3. The van der Waals surface area contributed by atoms with Crippen molar-refractivity contribution in [2.75, 3.05) is 18.2 Å². The van der Waals surface area contributed by atoms with Gasteiger partial charge in [0.1, 0.15) is 5.75 Å². The van der Waals surface area contributed by atoms with E-state index in [9.17, 15) is 4.79 Å². The van der Waals surface area contributed by atoms with Crippen LogP contribution in [0.2, 0.25) is 0 Å². The maximum Gasteiger partial charge on any atom is 0.234 e. The first-order valence-corrected chi connectivity index (χ1v) is 9.25. The minimum absolute atomic E-state index is 0.0771. The number of thioether (sulfide) groups is 1. The average molecular weight is 368 g/mol. The van der Waals surface area contributed by atoms with Crippen LogP contribution >= 0.6 is 11.8 Å². The van der Waals surface area contributed by atoms with Crippen LogP contribution in [0, 0.1) is 0 Å². The third-order valence-electron chi connectivity index (χ3n) is 3.83. The molecule has 0 unspecified atom stereocenters. The molecular weight excluding hydrogens is 348 g/mol. The number of amides is 1. The molecular formula is C19H20N4O2S. The van der Waals surface area contributed by atoms with Gasteiger partial charge in [0.05, 0.1) is 12.9 Å². The predicted octanol–water partition coefficient (Wildman–Crippen LogP) is 3.77. The number of para-hydroxylation sites is 1. The number of methoxy groups -OCH3 is 1. The van der Waals surface area contributed by atoms with Gasteiger partial charge in [-0.1, -0.05) is 36.9 Å². The summed E-state index contributed by atoms with van der Waals surface area (Å²) in [6, 6.07) is 15.3. The van der Waals surface area contributed by atoms with Crippen molar-refractivity contribution in [2.24, 2.45) is 0 Å². The zero-order valence-corrected chi connectivity index (χ0v) is 15.5. The fraction of sp³-hybridized carbons (Fsp3) is 0.211. The van der Waals surface area contributed by atoms with E-state index in [1.165, 1.54) is 11.8 Å². The summed E-state index contributed by atoms with van der Waals surface area (Å²) in [6.07, 6.45) is 0.871. The number of hydrogen-bond acceptors (Lipinski definition) is 5. The van der Waals surface area contributed by atoms with E-state index in [1.54, 1.807) is 7.11 Å². The molecule has 2 N–H and O–H groups in total. The first kappa shape index (κ1) is 18.0. The Labute approximate surface area is 156 Å². The van der Waals surface area contributed by atoms with Crippen LogP contribution in [0.3, 0.4) is 0 Å². The highest BCUT2D eigenvalue weighted by molar-refractivity contribution is 7.99. The molecule has 2 aromatic carbocycles. The van der Waals surface area contributed by atoms with Gasteiger partial charge < -0.3 is 10.1 Å². The molecule has 0 saturated heterocycles. The minimum Gasteiger partial charge on any atom is -0.497 e. The highest BCUT2D eigenvalue weighted by atomic mass is 32.2. The lowest BCUT2D eigenvalue weighted by atomic mass is 10.1. The van der Waals surface area contributed by atoms with Crippen molar-refractivity contribution in [1.82, 2.24) is 15.2 Å². The van der Waals surface area contributed by atoms with E-state index in [4.69, 9.17) is 4.74 Å². The summed E-state index contributed by atoms with van der Waals surface area (Å²) in [4.78, 5) is 16.6. The molecule has 3 aromatic rings. The van der Waals surface area contributed by atoms with Gasteiger partial charge in [-0.25, -0.2) is 4.98 Å². The van der Waals surface area contributed by atoms with Gasteiger partial charge in [0.25, 0.3) is 0 Å². The van der Waals surface area contributed by atoms with E-state index in [0.717, 1.165) is 29.0 Å². The van der Waals surface area contributed by atoms with Crippen LogP contribution < -0.4 is 10.1 Å². The van der Waals surface area contributed by atoms with Crippen molar-refractivity contribution in [1.29, 1.82) is 0 Å². The minimum atomic E-state index is -0.0771. The second-order valence-electron chi connectivity index (χ2n) is 5.54. The van der Waals surface area contributed by atoms with Gasteiger partial charge in [-0.2, -0.15) is 0 Å². The van der Waals surface area contributed by atoms with Crippen LogP contribution in [0.1, 0.15) is 12.5 Å². The topological polar surface area (TPSA) is 79.9 Å². The molecule has 0 aliphatic carbocycles. The van der Waals surface area contributed by atoms with Crippen LogP contribution in [0.5, 0.6) is 5.75 Å². The summed E-state index contributed by atoms with van der Waals surface area (Å²) < 4.78 is 5.15. The number of rotatable bonds is 7. The number of nitrogens with zero attached hydrogens (tertiary/aromatic N) is 2. The lowest BCUT2D eigenvalue weighted by Gasteiger charge is -2.08. The van der Waals surface area contributed by atoms with Crippen LogP contribution in [-0.4, -0.2) is 34.0 Å². The maximum absolute atomic E-state index is 12.2. The van der Waals surface area contributed by atoms with Gasteiger partial charge >= 0.3 is 0 Å². The Kier molecular flexibility index (Phi) is 5.91. The molecule has 0 radical (unpaired) electrons. The van der Waals surface area contributed by atoms with Crippen LogP contribution in [0.4, 0.5) is 5.69 Å². The quantitative estimate of drug-likeness (QED) is 0.621. The zero-order chi connectivity index (χ0) is 18.4. The molecule has 1 aromatic heterocycles. The van der Waals surface area contributed by atoms with Gasteiger partial charge in [0.2, 0.25) is 11.1 Å². The Hall–Kier alpha value is -2.80. The Morgan fingerprint density at radius 3 is 2.69 bits per heavy atom. The van der Waals surface area contributed by atoms with Crippen LogP contribution in [0.15, 0.2) is 53.7 Å². The number of hydrogen-bond donors (Lipinski definition) is 2. The summed E-state index contributed by atoms with van der Waals surface area (Å²) in [5.41, 5.74) is 2.88. The van der Waals surface area contributed by atoms with E-state index >= 15 is 0 Å².